The molecule has 0 spiro atoms. The minimum Gasteiger partial charge on any atom is -0.309 e. The van der Waals surface area contributed by atoms with Crippen molar-refractivity contribution in [3.8, 4) is 0 Å². The molecule has 1 aromatic heterocycles. The van der Waals surface area contributed by atoms with Gasteiger partial charge in [0.15, 0.2) is 0 Å². The van der Waals surface area contributed by atoms with Crippen molar-refractivity contribution in [3.63, 3.8) is 0 Å². The minimum absolute atomic E-state index is 0.573. The van der Waals surface area contributed by atoms with Crippen molar-refractivity contribution in [3.05, 3.63) is 29.6 Å². The second-order valence-corrected chi connectivity index (χ2v) is 5.22. The number of nitrogens with one attached hydrogen (secondary N) is 1. The summed E-state index contributed by atoms with van der Waals surface area (Å²) >= 11 is 0. The molecule has 0 aromatic carbocycles. The lowest BCUT2D eigenvalue weighted by molar-refractivity contribution is 0.448. The summed E-state index contributed by atoms with van der Waals surface area (Å²) in [5.41, 5.74) is 2.56. The fourth-order valence-corrected chi connectivity index (χ4v) is 1.91. The lowest BCUT2D eigenvalue weighted by atomic mass is 10.0. The zero-order valence-corrected chi connectivity index (χ0v) is 11.7. The lowest BCUT2D eigenvalue weighted by Crippen LogP contribution is -2.26. The molecule has 2 heteroatoms. The van der Waals surface area contributed by atoms with Crippen LogP contribution in [0.4, 0.5) is 0 Å². The Labute approximate surface area is 106 Å². The summed E-state index contributed by atoms with van der Waals surface area (Å²) in [4.78, 5) is 4.45. The number of hydrogen-bond acceptors (Lipinski definition) is 2. The van der Waals surface area contributed by atoms with Crippen LogP contribution in [0, 0.1) is 5.92 Å². The number of nitrogens with zero attached hydrogens (tertiary/aromatic N) is 1. The van der Waals surface area contributed by atoms with Gasteiger partial charge in [-0.3, -0.25) is 4.98 Å². The molecule has 0 radical (unpaired) electrons. The van der Waals surface area contributed by atoms with Crippen LogP contribution < -0.4 is 5.32 Å². The minimum atomic E-state index is 0.573. The molecule has 17 heavy (non-hydrogen) atoms. The van der Waals surface area contributed by atoms with E-state index >= 15 is 0 Å². The van der Waals surface area contributed by atoms with Gasteiger partial charge in [0.2, 0.25) is 0 Å². The van der Waals surface area contributed by atoms with E-state index in [0.29, 0.717) is 6.04 Å². The van der Waals surface area contributed by atoms with Gasteiger partial charge < -0.3 is 5.32 Å². The molecule has 0 bridgehead atoms. The Morgan fingerprint density at radius 3 is 2.65 bits per heavy atom. The quantitative estimate of drug-likeness (QED) is 0.780. The fraction of sp³-hybridized carbons (Fsp3) is 0.667. The van der Waals surface area contributed by atoms with Crippen LogP contribution in [0.25, 0.3) is 0 Å². The van der Waals surface area contributed by atoms with Gasteiger partial charge in [-0.2, -0.15) is 0 Å². The lowest BCUT2D eigenvalue weighted by Gasteiger charge is -2.15. The molecule has 0 aliphatic carbocycles. The predicted molar refractivity (Wildman–Crippen MR) is 74.0 cm³/mol. The van der Waals surface area contributed by atoms with E-state index < -0.39 is 0 Å². The normalized spacial score (nSPS) is 13.0. The number of rotatable bonds is 7. The van der Waals surface area contributed by atoms with Crippen LogP contribution in [0.5, 0.6) is 0 Å². The van der Waals surface area contributed by atoms with Crippen LogP contribution in [0.3, 0.4) is 0 Å². The maximum Gasteiger partial charge on any atom is 0.0573 e. The van der Waals surface area contributed by atoms with E-state index in [-0.39, 0.29) is 0 Å². The molecule has 0 aliphatic heterocycles. The Kier molecular flexibility index (Phi) is 6.20. The van der Waals surface area contributed by atoms with Crippen molar-refractivity contribution in [2.45, 2.75) is 59.5 Å². The standard InChI is InChI=1S/C15H26N2/c1-5-14-7-6-10-16-15(14)11-17-13(4)9-8-12(2)3/h6-7,10,12-13,17H,5,8-9,11H2,1-4H3. The van der Waals surface area contributed by atoms with Crippen molar-refractivity contribution < 1.29 is 0 Å². The van der Waals surface area contributed by atoms with E-state index in [1.54, 1.807) is 0 Å². The highest BCUT2D eigenvalue weighted by molar-refractivity contribution is 5.19. The zero-order valence-electron chi connectivity index (χ0n) is 11.7. The highest BCUT2D eigenvalue weighted by Gasteiger charge is 2.05. The number of aromatic nitrogens is 1. The van der Waals surface area contributed by atoms with Gasteiger partial charge >= 0.3 is 0 Å². The van der Waals surface area contributed by atoms with Crippen molar-refractivity contribution in [1.29, 1.82) is 0 Å². The average molecular weight is 234 g/mol. The maximum atomic E-state index is 4.45. The summed E-state index contributed by atoms with van der Waals surface area (Å²) in [6, 6.07) is 4.76. The summed E-state index contributed by atoms with van der Waals surface area (Å²) in [6.07, 6.45) is 5.48. The maximum absolute atomic E-state index is 4.45. The second kappa shape index (κ2) is 7.44. The molecule has 1 N–H and O–H groups in total. The largest absolute Gasteiger partial charge is 0.309 e. The summed E-state index contributed by atoms with van der Waals surface area (Å²) in [5.74, 6) is 0.792. The number of pyridine rings is 1. The monoisotopic (exact) mass is 234 g/mol. The Morgan fingerprint density at radius 2 is 2.00 bits per heavy atom. The SMILES string of the molecule is CCc1cccnc1CNC(C)CCC(C)C. The number of aryl methyl sites for hydroxylation is 1. The first kappa shape index (κ1) is 14.2. The molecule has 1 heterocycles. The van der Waals surface area contributed by atoms with Gasteiger partial charge in [0.05, 0.1) is 5.69 Å². The third kappa shape index (κ3) is 5.31. The van der Waals surface area contributed by atoms with Crippen LogP contribution in [0.2, 0.25) is 0 Å². The predicted octanol–water partition coefficient (Wildman–Crippen LogP) is 3.56. The van der Waals surface area contributed by atoms with Crippen LogP contribution in [-0.4, -0.2) is 11.0 Å². The highest BCUT2D eigenvalue weighted by atomic mass is 14.9. The van der Waals surface area contributed by atoms with Gasteiger partial charge in [-0.1, -0.05) is 26.8 Å². The molecule has 0 saturated heterocycles. The van der Waals surface area contributed by atoms with Crippen LogP contribution >= 0.6 is 0 Å². The van der Waals surface area contributed by atoms with E-state index in [1.807, 2.05) is 12.3 Å². The molecule has 1 unspecified atom stereocenters. The van der Waals surface area contributed by atoms with Crippen LogP contribution in [0.15, 0.2) is 18.3 Å². The summed E-state index contributed by atoms with van der Waals surface area (Å²) in [7, 11) is 0. The molecule has 1 aromatic rings. The fourth-order valence-electron chi connectivity index (χ4n) is 1.91. The highest BCUT2D eigenvalue weighted by Crippen LogP contribution is 2.09. The second-order valence-electron chi connectivity index (χ2n) is 5.22. The van der Waals surface area contributed by atoms with E-state index in [0.717, 1.165) is 18.9 Å². The zero-order chi connectivity index (χ0) is 12.7. The van der Waals surface area contributed by atoms with Gasteiger partial charge in [0.25, 0.3) is 0 Å². The summed E-state index contributed by atoms with van der Waals surface area (Å²) < 4.78 is 0. The Morgan fingerprint density at radius 1 is 1.24 bits per heavy atom. The van der Waals surface area contributed by atoms with Gasteiger partial charge in [0.1, 0.15) is 0 Å². The van der Waals surface area contributed by atoms with E-state index in [2.05, 4.69) is 44.1 Å². The van der Waals surface area contributed by atoms with Crippen LogP contribution in [-0.2, 0) is 13.0 Å². The molecule has 0 saturated carbocycles. The van der Waals surface area contributed by atoms with Gasteiger partial charge in [-0.05, 0) is 43.7 Å². The van der Waals surface area contributed by atoms with Gasteiger partial charge in [0, 0.05) is 18.8 Å². The number of hydrogen-bond donors (Lipinski definition) is 1. The molecule has 1 atom stereocenters. The third-order valence-electron chi connectivity index (χ3n) is 3.16. The molecule has 0 fully saturated rings. The summed E-state index contributed by atoms with van der Waals surface area (Å²) in [6.45, 7) is 9.89. The van der Waals surface area contributed by atoms with Crippen molar-refractivity contribution in [2.75, 3.05) is 0 Å². The van der Waals surface area contributed by atoms with E-state index in [9.17, 15) is 0 Å². The Balaban J connectivity index is 2.39. The van der Waals surface area contributed by atoms with Crippen LogP contribution in [0.1, 0.15) is 51.8 Å². The van der Waals surface area contributed by atoms with Gasteiger partial charge in [-0.25, -0.2) is 0 Å². The molecular weight excluding hydrogens is 208 g/mol. The van der Waals surface area contributed by atoms with Crippen molar-refractivity contribution in [2.24, 2.45) is 5.92 Å². The van der Waals surface area contributed by atoms with E-state index in [1.165, 1.54) is 24.1 Å². The molecule has 1 rings (SSSR count). The molecule has 2 nitrogen and oxygen atoms in total. The third-order valence-corrected chi connectivity index (χ3v) is 3.16. The van der Waals surface area contributed by atoms with E-state index in [4.69, 9.17) is 0 Å². The first-order valence-corrected chi connectivity index (χ1v) is 6.79. The average Bonchev–Trinajstić information content (AvgIpc) is 2.34. The first-order chi connectivity index (χ1) is 8.13. The van der Waals surface area contributed by atoms with Gasteiger partial charge in [-0.15, -0.1) is 0 Å². The smallest absolute Gasteiger partial charge is 0.0573 e. The molecular formula is C15H26N2. The molecule has 0 amide bonds. The molecule has 96 valence electrons. The summed E-state index contributed by atoms with van der Waals surface area (Å²) in [5, 5.41) is 3.57. The van der Waals surface area contributed by atoms with Crippen molar-refractivity contribution >= 4 is 0 Å². The first-order valence-electron chi connectivity index (χ1n) is 6.79. The Hall–Kier alpha value is -0.890. The Bertz CT molecular complexity index is 320. The molecule has 0 aliphatic rings. The topological polar surface area (TPSA) is 24.9 Å². The van der Waals surface area contributed by atoms with Crippen molar-refractivity contribution in [1.82, 2.24) is 10.3 Å².